The Kier molecular flexibility index (Phi) is 3.33. The summed E-state index contributed by atoms with van der Waals surface area (Å²) >= 11 is 0. The van der Waals surface area contributed by atoms with Gasteiger partial charge in [-0.25, -0.2) is 9.69 Å². The van der Waals surface area contributed by atoms with E-state index in [0.717, 1.165) is 66.6 Å². The number of nitrogens with one attached hydrogen (secondary N) is 2. The van der Waals surface area contributed by atoms with E-state index in [-0.39, 0.29) is 17.4 Å². The van der Waals surface area contributed by atoms with Crippen LogP contribution in [0.3, 0.4) is 0 Å². The first-order chi connectivity index (χ1) is 12.9. The number of urea groups is 1. The van der Waals surface area contributed by atoms with Crippen molar-refractivity contribution in [3.8, 4) is 0 Å². The molecule has 0 bridgehead atoms. The van der Waals surface area contributed by atoms with Crippen LogP contribution in [0.25, 0.3) is 10.9 Å². The second kappa shape index (κ2) is 5.35. The van der Waals surface area contributed by atoms with Crippen LogP contribution < -0.4 is 10.2 Å². The highest BCUT2D eigenvalue weighted by Crippen LogP contribution is 2.56. The molecule has 6 heteroatoms. The van der Waals surface area contributed by atoms with E-state index in [9.17, 15) is 9.59 Å². The van der Waals surface area contributed by atoms with Gasteiger partial charge in [0.15, 0.2) is 0 Å². The van der Waals surface area contributed by atoms with Crippen LogP contribution in [0.1, 0.15) is 42.5 Å². The van der Waals surface area contributed by atoms with Gasteiger partial charge in [-0.05, 0) is 75.1 Å². The van der Waals surface area contributed by atoms with E-state index in [1.807, 2.05) is 26.0 Å². The number of aromatic nitrogens is 1. The highest BCUT2D eigenvalue weighted by molar-refractivity contribution is 6.24. The van der Waals surface area contributed by atoms with Crippen molar-refractivity contribution in [2.45, 2.75) is 52.0 Å². The summed E-state index contributed by atoms with van der Waals surface area (Å²) in [7, 11) is 0. The van der Waals surface area contributed by atoms with E-state index in [0.29, 0.717) is 5.69 Å². The molecule has 1 aromatic carbocycles. The fourth-order valence-electron chi connectivity index (χ4n) is 5.48. The second-order valence-electron chi connectivity index (χ2n) is 8.63. The summed E-state index contributed by atoms with van der Waals surface area (Å²) in [6, 6.07) is 3.55. The van der Waals surface area contributed by atoms with Crippen LogP contribution in [0.15, 0.2) is 12.1 Å². The monoisotopic (exact) mass is 367 g/mol. The molecule has 6 nitrogen and oxygen atoms in total. The number of anilines is 1. The van der Waals surface area contributed by atoms with Crippen LogP contribution in [0, 0.1) is 26.2 Å². The van der Waals surface area contributed by atoms with Gasteiger partial charge in [0.25, 0.3) is 5.91 Å². The Morgan fingerprint density at radius 2 is 1.74 bits per heavy atom. The number of rotatable bonds is 1. The third kappa shape index (κ3) is 2.16. The minimum absolute atomic E-state index is 0.100. The van der Waals surface area contributed by atoms with Crippen molar-refractivity contribution in [1.82, 2.24) is 10.3 Å². The van der Waals surface area contributed by atoms with Gasteiger partial charge >= 0.3 is 6.03 Å². The van der Waals surface area contributed by atoms with Crippen LogP contribution in [0.5, 0.6) is 0 Å². The number of hydrogen-bond donors (Lipinski definition) is 2. The summed E-state index contributed by atoms with van der Waals surface area (Å²) in [5.41, 5.74) is 4.41. The first kappa shape index (κ1) is 16.8. The van der Waals surface area contributed by atoms with Crippen molar-refractivity contribution in [2.24, 2.45) is 5.41 Å². The molecule has 5 rings (SSSR count). The molecule has 3 fully saturated rings. The molecule has 2 aliphatic heterocycles. The van der Waals surface area contributed by atoms with E-state index in [1.54, 1.807) is 0 Å². The zero-order chi connectivity index (χ0) is 19.0. The number of carbonyl (C=O) groups excluding carboxylic acids is 2. The molecule has 3 heterocycles. The van der Waals surface area contributed by atoms with Crippen molar-refractivity contribution in [2.75, 3.05) is 18.1 Å². The molecule has 0 unspecified atom stereocenters. The predicted octanol–water partition coefficient (Wildman–Crippen LogP) is 3.48. The maximum Gasteiger partial charge on any atom is 0.329 e. The summed E-state index contributed by atoms with van der Waals surface area (Å²) in [6.07, 6.45) is 3.41. The normalized spacial score (nSPS) is 23.3. The molecule has 3 aliphatic rings. The van der Waals surface area contributed by atoms with Gasteiger partial charge in [-0.15, -0.1) is 0 Å². The minimum atomic E-state index is -0.723. The Morgan fingerprint density at radius 1 is 1.04 bits per heavy atom. The van der Waals surface area contributed by atoms with Crippen LogP contribution >= 0.6 is 0 Å². The highest BCUT2D eigenvalue weighted by atomic mass is 16.5. The number of nitrogens with zero attached hydrogens (tertiary/aromatic N) is 1. The second-order valence-corrected chi connectivity index (χ2v) is 8.63. The lowest BCUT2D eigenvalue weighted by molar-refractivity contribution is -0.137. The first-order valence-electron chi connectivity index (χ1n) is 9.69. The Hall–Kier alpha value is -2.34. The van der Waals surface area contributed by atoms with E-state index in [2.05, 4.69) is 17.2 Å². The van der Waals surface area contributed by atoms with Crippen LogP contribution in [0.2, 0.25) is 0 Å². The average Bonchev–Trinajstić information content (AvgIpc) is 3.04. The molecule has 1 aromatic heterocycles. The third-order valence-corrected chi connectivity index (χ3v) is 7.01. The molecular formula is C21H25N3O3. The van der Waals surface area contributed by atoms with Crippen LogP contribution in [-0.4, -0.2) is 35.7 Å². The number of imide groups is 1. The molecule has 0 atom stereocenters. The Balaban J connectivity index is 1.51. The lowest BCUT2D eigenvalue weighted by atomic mass is 9.54. The number of benzene rings is 1. The summed E-state index contributed by atoms with van der Waals surface area (Å²) < 4.78 is 5.47. The van der Waals surface area contributed by atoms with E-state index >= 15 is 0 Å². The van der Waals surface area contributed by atoms with Crippen molar-refractivity contribution in [3.63, 3.8) is 0 Å². The largest absolute Gasteiger partial charge is 0.381 e. The summed E-state index contributed by atoms with van der Waals surface area (Å²) in [6.45, 7) is 7.61. The lowest BCUT2D eigenvalue weighted by Gasteiger charge is -2.54. The van der Waals surface area contributed by atoms with Gasteiger partial charge in [0.05, 0.1) is 5.69 Å². The molecule has 2 saturated heterocycles. The number of H-pyrrole nitrogens is 1. The van der Waals surface area contributed by atoms with Crippen molar-refractivity contribution >= 4 is 28.5 Å². The van der Waals surface area contributed by atoms with Crippen molar-refractivity contribution < 1.29 is 14.3 Å². The quantitative estimate of drug-likeness (QED) is 0.758. The molecule has 0 radical (unpaired) electrons. The molecule has 27 heavy (non-hydrogen) atoms. The Morgan fingerprint density at radius 3 is 2.44 bits per heavy atom. The molecule has 142 valence electrons. The van der Waals surface area contributed by atoms with Crippen LogP contribution in [-0.2, 0) is 9.53 Å². The maximum absolute atomic E-state index is 13.3. The van der Waals surface area contributed by atoms with Crippen molar-refractivity contribution in [3.05, 3.63) is 29.0 Å². The summed E-state index contributed by atoms with van der Waals surface area (Å²) in [5.74, 6) is -0.100. The zero-order valence-corrected chi connectivity index (χ0v) is 16.1. The topological polar surface area (TPSA) is 74.4 Å². The fourth-order valence-corrected chi connectivity index (χ4v) is 5.48. The van der Waals surface area contributed by atoms with Gasteiger partial charge in [0, 0.05) is 29.8 Å². The number of fused-ring (bicyclic) bond motifs is 1. The van der Waals surface area contributed by atoms with Gasteiger partial charge in [-0.3, -0.25) is 4.79 Å². The Labute approximate surface area is 158 Å². The number of carbonyl (C=O) groups is 2. The fraction of sp³-hybridized carbons (Fsp3) is 0.524. The van der Waals surface area contributed by atoms with Gasteiger partial charge in [0.1, 0.15) is 5.54 Å². The number of aromatic amines is 1. The molecule has 3 amide bonds. The number of amides is 3. The number of aryl methyl sites for hydroxylation is 3. The van der Waals surface area contributed by atoms with E-state index in [1.165, 1.54) is 4.90 Å². The molecule has 1 saturated carbocycles. The zero-order valence-electron chi connectivity index (χ0n) is 16.1. The minimum Gasteiger partial charge on any atom is -0.381 e. The number of ether oxygens (including phenoxy) is 1. The van der Waals surface area contributed by atoms with Crippen LogP contribution in [0.4, 0.5) is 10.5 Å². The van der Waals surface area contributed by atoms with E-state index < -0.39 is 5.54 Å². The smallest absolute Gasteiger partial charge is 0.329 e. The Bertz CT molecular complexity index is 976. The average molecular weight is 367 g/mol. The van der Waals surface area contributed by atoms with Crippen molar-refractivity contribution in [1.29, 1.82) is 0 Å². The first-order valence-corrected chi connectivity index (χ1v) is 9.69. The SMILES string of the molecule is Cc1[nH]c2ccc(N3C(=O)NC4(CC5(CCOCC5)C4)C3=O)c(C)c2c1C. The van der Waals surface area contributed by atoms with Gasteiger partial charge < -0.3 is 15.0 Å². The standard InChI is InChI=1S/C21H25N3O3/c1-12-14(3)22-15-4-5-16(13(2)17(12)15)24-18(25)21(23-19(24)26)10-20(11-21)6-8-27-9-7-20/h4-5,22H,6-11H2,1-3H3,(H,23,26). The third-order valence-electron chi connectivity index (χ3n) is 7.01. The molecule has 2 spiro atoms. The summed E-state index contributed by atoms with van der Waals surface area (Å²) in [4.78, 5) is 30.9. The lowest BCUT2D eigenvalue weighted by Crippen LogP contribution is -2.63. The maximum atomic E-state index is 13.3. The highest BCUT2D eigenvalue weighted by Gasteiger charge is 2.64. The van der Waals surface area contributed by atoms with Gasteiger partial charge in [-0.1, -0.05) is 0 Å². The molecule has 2 N–H and O–H groups in total. The molecule has 1 aliphatic carbocycles. The van der Waals surface area contributed by atoms with E-state index in [4.69, 9.17) is 4.74 Å². The van der Waals surface area contributed by atoms with Gasteiger partial charge in [-0.2, -0.15) is 0 Å². The predicted molar refractivity (Wildman–Crippen MR) is 103 cm³/mol. The van der Waals surface area contributed by atoms with Gasteiger partial charge in [0.2, 0.25) is 0 Å². The number of hydrogen-bond acceptors (Lipinski definition) is 3. The molecular weight excluding hydrogens is 342 g/mol. The summed E-state index contributed by atoms with van der Waals surface area (Å²) in [5, 5.41) is 4.12. The molecule has 2 aromatic rings.